The lowest BCUT2D eigenvalue weighted by Crippen LogP contribution is -2.21. The highest BCUT2D eigenvalue weighted by Crippen LogP contribution is 2.27. The highest BCUT2D eigenvalue weighted by molar-refractivity contribution is 5.40. The average molecular weight is 249 g/mol. The van der Waals surface area contributed by atoms with Gasteiger partial charge in [0.1, 0.15) is 11.5 Å². The fraction of sp³-hybridized carbons (Fsp3) is 0.333. The highest BCUT2D eigenvalue weighted by atomic mass is 16.5. The molecule has 2 aromatic rings. The van der Waals surface area contributed by atoms with Gasteiger partial charge in [-0.2, -0.15) is 4.98 Å². The Morgan fingerprint density at radius 2 is 2.22 bits per heavy atom. The summed E-state index contributed by atoms with van der Waals surface area (Å²) in [7, 11) is 0. The summed E-state index contributed by atoms with van der Waals surface area (Å²) in [5.74, 6) is 0.773. The first kappa shape index (κ1) is 12.4. The van der Waals surface area contributed by atoms with E-state index in [2.05, 4.69) is 20.0 Å². The number of rotatable bonds is 5. The van der Waals surface area contributed by atoms with Crippen LogP contribution in [0.3, 0.4) is 0 Å². The predicted molar refractivity (Wildman–Crippen MR) is 64.2 cm³/mol. The summed E-state index contributed by atoms with van der Waals surface area (Å²) in [5, 5.41) is 25.9. The van der Waals surface area contributed by atoms with Crippen molar-refractivity contribution in [2.45, 2.75) is 19.4 Å². The number of aromatic hydroxyl groups is 2. The molecule has 1 heterocycles. The molecule has 0 saturated heterocycles. The number of nitrogens with zero attached hydrogens (tertiary/aromatic N) is 2. The van der Waals surface area contributed by atoms with Crippen LogP contribution in [0.5, 0.6) is 11.5 Å². The maximum Gasteiger partial charge on any atom is 0.213 e. The number of hydrogen-bond acceptors (Lipinski definition) is 6. The molecule has 1 atom stereocenters. The first-order valence-corrected chi connectivity index (χ1v) is 5.67. The Balaban J connectivity index is 1.89. The molecule has 0 radical (unpaired) electrons. The zero-order chi connectivity index (χ0) is 13.0. The van der Waals surface area contributed by atoms with E-state index in [9.17, 15) is 10.2 Å². The van der Waals surface area contributed by atoms with Gasteiger partial charge in [-0.05, 0) is 13.0 Å². The fourth-order valence-electron chi connectivity index (χ4n) is 1.71. The van der Waals surface area contributed by atoms with Gasteiger partial charge in [-0.15, -0.1) is 0 Å². The summed E-state index contributed by atoms with van der Waals surface area (Å²) < 4.78 is 4.63. The highest BCUT2D eigenvalue weighted by Gasteiger charge is 2.10. The molecule has 0 aliphatic rings. The van der Waals surface area contributed by atoms with E-state index in [-0.39, 0.29) is 17.5 Å². The average Bonchev–Trinajstić information content (AvgIpc) is 2.81. The first-order chi connectivity index (χ1) is 8.66. The van der Waals surface area contributed by atoms with E-state index in [0.717, 1.165) is 5.56 Å². The standard InChI is InChI=1S/C12H15N3O3/c1-8(10-3-2-9(16)6-11(10)17)13-5-4-12-14-7-18-15-12/h2-3,6-8,13,16-17H,4-5H2,1H3. The van der Waals surface area contributed by atoms with Gasteiger partial charge in [0, 0.05) is 30.6 Å². The molecule has 0 saturated carbocycles. The Bertz CT molecular complexity index is 499. The normalized spacial score (nSPS) is 12.5. The summed E-state index contributed by atoms with van der Waals surface area (Å²) in [6, 6.07) is 4.54. The van der Waals surface area contributed by atoms with E-state index in [1.165, 1.54) is 12.5 Å². The van der Waals surface area contributed by atoms with E-state index >= 15 is 0 Å². The maximum atomic E-state index is 9.71. The van der Waals surface area contributed by atoms with Gasteiger partial charge < -0.3 is 20.1 Å². The van der Waals surface area contributed by atoms with Crippen molar-refractivity contribution in [2.24, 2.45) is 0 Å². The quantitative estimate of drug-likeness (QED) is 0.741. The largest absolute Gasteiger partial charge is 0.508 e. The first-order valence-electron chi connectivity index (χ1n) is 5.67. The fourth-order valence-corrected chi connectivity index (χ4v) is 1.71. The lowest BCUT2D eigenvalue weighted by Gasteiger charge is -2.15. The van der Waals surface area contributed by atoms with Crippen LogP contribution in [0.25, 0.3) is 0 Å². The van der Waals surface area contributed by atoms with Crippen molar-refractivity contribution in [3.8, 4) is 11.5 Å². The second-order valence-corrected chi connectivity index (χ2v) is 4.02. The molecule has 3 N–H and O–H groups in total. The lowest BCUT2D eigenvalue weighted by molar-refractivity contribution is 0.407. The molecule has 96 valence electrons. The van der Waals surface area contributed by atoms with Crippen LogP contribution in [0.1, 0.15) is 24.4 Å². The minimum absolute atomic E-state index is 0.0301. The van der Waals surface area contributed by atoms with Crippen molar-refractivity contribution < 1.29 is 14.7 Å². The number of nitrogens with one attached hydrogen (secondary N) is 1. The molecule has 0 bridgehead atoms. The monoisotopic (exact) mass is 249 g/mol. The molecule has 0 amide bonds. The molecule has 18 heavy (non-hydrogen) atoms. The number of hydrogen-bond donors (Lipinski definition) is 3. The molecule has 6 nitrogen and oxygen atoms in total. The van der Waals surface area contributed by atoms with Crippen LogP contribution in [0.15, 0.2) is 29.1 Å². The van der Waals surface area contributed by atoms with Gasteiger partial charge in [0.25, 0.3) is 0 Å². The van der Waals surface area contributed by atoms with Crippen LogP contribution >= 0.6 is 0 Å². The van der Waals surface area contributed by atoms with E-state index in [4.69, 9.17) is 0 Å². The minimum atomic E-state index is -0.0301. The summed E-state index contributed by atoms with van der Waals surface area (Å²) >= 11 is 0. The Morgan fingerprint density at radius 1 is 1.39 bits per heavy atom. The molecule has 2 rings (SSSR count). The van der Waals surface area contributed by atoms with Crippen molar-refractivity contribution in [1.29, 1.82) is 0 Å². The molecule has 6 heteroatoms. The van der Waals surface area contributed by atoms with Crippen molar-refractivity contribution >= 4 is 0 Å². The SMILES string of the molecule is CC(NCCc1ncon1)c1ccc(O)cc1O. The Morgan fingerprint density at radius 3 is 2.89 bits per heavy atom. The molecular weight excluding hydrogens is 234 g/mol. The molecule has 1 aromatic carbocycles. The van der Waals surface area contributed by atoms with Gasteiger partial charge in [0.2, 0.25) is 6.39 Å². The molecule has 0 aliphatic carbocycles. The van der Waals surface area contributed by atoms with Gasteiger partial charge >= 0.3 is 0 Å². The van der Waals surface area contributed by atoms with Crippen LogP contribution < -0.4 is 5.32 Å². The van der Waals surface area contributed by atoms with E-state index < -0.39 is 0 Å². The Hall–Kier alpha value is -2.08. The third-order valence-corrected chi connectivity index (χ3v) is 2.69. The zero-order valence-electron chi connectivity index (χ0n) is 10.00. The molecule has 1 unspecified atom stereocenters. The topological polar surface area (TPSA) is 91.4 Å². The van der Waals surface area contributed by atoms with Crippen LogP contribution in [0.2, 0.25) is 0 Å². The van der Waals surface area contributed by atoms with Crippen LogP contribution in [0.4, 0.5) is 0 Å². The molecule has 0 spiro atoms. The second-order valence-electron chi connectivity index (χ2n) is 4.02. The van der Waals surface area contributed by atoms with Crippen molar-refractivity contribution in [2.75, 3.05) is 6.54 Å². The Kier molecular flexibility index (Phi) is 3.78. The maximum absolute atomic E-state index is 9.71. The number of benzene rings is 1. The third kappa shape index (κ3) is 2.98. The van der Waals surface area contributed by atoms with E-state index in [1.54, 1.807) is 12.1 Å². The third-order valence-electron chi connectivity index (χ3n) is 2.69. The molecule has 0 aliphatic heterocycles. The van der Waals surface area contributed by atoms with Gasteiger partial charge in [0.15, 0.2) is 5.82 Å². The second kappa shape index (κ2) is 5.50. The van der Waals surface area contributed by atoms with Crippen molar-refractivity contribution in [1.82, 2.24) is 15.5 Å². The molecule has 1 aromatic heterocycles. The van der Waals surface area contributed by atoms with Crippen molar-refractivity contribution in [3.63, 3.8) is 0 Å². The number of phenolic OH excluding ortho intramolecular Hbond substituents is 2. The molecule has 0 fully saturated rings. The number of aromatic nitrogens is 2. The van der Waals surface area contributed by atoms with E-state index in [0.29, 0.717) is 18.8 Å². The smallest absolute Gasteiger partial charge is 0.213 e. The van der Waals surface area contributed by atoms with Crippen LogP contribution in [0, 0.1) is 0 Å². The lowest BCUT2D eigenvalue weighted by atomic mass is 10.1. The molecular formula is C12H15N3O3. The van der Waals surface area contributed by atoms with Crippen LogP contribution in [-0.4, -0.2) is 26.9 Å². The summed E-state index contributed by atoms with van der Waals surface area (Å²) in [4.78, 5) is 3.91. The van der Waals surface area contributed by atoms with E-state index in [1.807, 2.05) is 6.92 Å². The van der Waals surface area contributed by atoms with Gasteiger partial charge in [0.05, 0.1) is 0 Å². The van der Waals surface area contributed by atoms with Gasteiger partial charge in [-0.3, -0.25) is 0 Å². The summed E-state index contributed by atoms with van der Waals surface area (Å²) in [6.07, 6.45) is 1.95. The zero-order valence-corrected chi connectivity index (χ0v) is 10.00. The van der Waals surface area contributed by atoms with Gasteiger partial charge in [-0.25, -0.2) is 0 Å². The predicted octanol–water partition coefficient (Wildman–Crippen LogP) is 1.37. The summed E-state index contributed by atoms with van der Waals surface area (Å²) in [6.45, 7) is 2.60. The Labute approximate surface area is 104 Å². The summed E-state index contributed by atoms with van der Waals surface area (Å²) in [5.41, 5.74) is 0.737. The number of phenols is 2. The van der Waals surface area contributed by atoms with Gasteiger partial charge in [-0.1, -0.05) is 11.2 Å². The van der Waals surface area contributed by atoms with Crippen LogP contribution in [-0.2, 0) is 6.42 Å². The van der Waals surface area contributed by atoms with Crippen molar-refractivity contribution in [3.05, 3.63) is 36.0 Å². The minimum Gasteiger partial charge on any atom is -0.508 e.